The van der Waals surface area contributed by atoms with Gasteiger partial charge in [0.2, 0.25) is 0 Å². The molecule has 0 saturated heterocycles. The first-order valence-corrected chi connectivity index (χ1v) is 8.34. The van der Waals surface area contributed by atoms with Gasteiger partial charge in [0.05, 0.1) is 24.0 Å². The molecule has 0 radical (unpaired) electrons. The van der Waals surface area contributed by atoms with Gasteiger partial charge in [-0.25, -0.2) is 4.79 Å². The average molecular weight is 353 g/mol. The standard InChI is InChI=1S/C16H18Cl2N4O/c1-9(12-6-5-11(17)7-13(12)18)20-16(23)21-14-4-2-3-10-8-19-22-15(10)14/h5-9,14H,2-4H2,1H3,(H,19,22)(H2,20,21,23)/t9-,14?/m1/s1. The monoisotopic (exact) mass is 352 g/mol. The van der Waals surface area contributed by atoms with Crippen LogP contribution in [0.5, 0.6) is 0 Å². The van der Waals surface area contributed by atoms with Crippen LogP contribution < -0.4 is 10.6 Å². The van der Waals surface area contributed by atoms with Gasteiger partial charge in [0, 0.05) is 10.0 Å². The highest BCUT2D eigenvalue weighted by Crippen LogP contribution is 2.28. The summed E-state index contributed by atoms with van der Waals surface area (Å²) < 4.78 is 0. The molecule has 5 nitrogen and oxygen atoms in total. The summed E-state index contributed by atoms with van der Waals surface area (Å²) in [6, 6.07) is 4.78. The molecule has 1 aliphatic rings. The SMILES string of the molecule is C[C@@H](NC(=O)NC1CCCc2cn[nH]c21)c1ccc(Cl)cc1Cl. The van der Waals surface area contributed by atoms with Crippen molar-refractivity contribution in [2.75, 3.05) is 0 Å². The highest BCUT2D eigenvalue weighted by Gasteiger charge is 2.24. The zero-order valence-electron chi connectivity index (χ0n) is 12.7. The van der Waals surface area contributed by atoms with Gasteiger partial charge in [-0.2, -0.15) is 5.10 Å². The summed E-state index contributed by atoms with van der Waals surface area (Å²) in [6.45, 7) is 1.89. The molecule has 7 heteroatoms. The van der Waals surface area contributed by atoms with Gasteiger partial charge in [-0.15, -0.1) is 0 Å². The maximum Gasteiger partial charge on any atom is 0.315 e. The van der Waals surface area contributed by atoms with Crippen LogP contribution in [0.4, 0.5) is 4.79 Å². The number of benzene rings is 1. The highest BCUT2D eigenvalue weighted by atomic mass is 35.5. The number of fused-ring (bicyclic) bond motifs is 1. The highest BCUT2D eigenvalue weighted by molar-refractivity contribution is 6.35. The first-order valence-electron chi connectivity index (χ1n) is 7.58. The first kappa shape index (κ1) is 16.1. The number of hydrogen-bond donors (Lipinski definition) is 3. The number of carbonyl (C=O) groups excluding carboxylic acids is 1. The summed E-state index contributed by atoms with van der Waals surface area (Å²) in [5.41, 5.74) is 3.01. The van der Waals surface area contributed by atoms with Gasteiger partial charge in [0.15, 0.2) is 0 Å². The van der Waals surface area contributed by atoms with Gasteiger partial charge in [-0.3, -0.25) is 5.10 Å². The molecule has 0 saturated carbocycles. The van der Waals surface area contributed by atoms with Gasteiger partial charge < -0.3 is 10.6 Å². The molecular weight excluding hydrogens is 335 g/mol. The molecule has 1 unspecified atom stereocenters. The van der Waals surface area contributed by atoms with Crippen molar-refractivity contribution in [3.63, 3.8) is 0 Å². The molecule has 0 bridgehead atoms. The Hall–Kier alpha value is -1.72. The molecular formula is C16H18Cl2N4O. The zero-order chi connectivity index (χ0) is 16.4. The van der Waals surface area contributed by atoms with E-state index in [2.05, 4.69) is 20.8 Å². The van der Waals surface area contributed by atoms with E-state index in [-0.39, 0.29) is 18.1 Å². The Morgan fingerprint density at radius 2 is 2.26 bits per heavy atom. The van der Waals surface area contributed by atoms with E-state index in [0.717, 1.165) is 30.5 Å². The average Bonchev–Trinajstić information content (AvgIpc) is 2.96. The summed E-state index contributed by atoms with van der Waals surface area (Å²) >= 11 is 12.1. The van der Waals surface area contributed by atoms with Gasteiger partial charge >= 0.3 is 6.03 Å². The molecule has 2 aromatic rings. The number of aromatic amines is 1. The number of H-pyrrole nitrogens is 1. The number of nitrogens with zero attached hydrogens (tertiary/aromatic N) is 1. The maximum absolute atomic E-state index is 12.3. The number of amides is 2. The fourth-order valence-electron chi connectivity index (χ4n) is 2.93. The van der Waals surface area contributed by atoms with Crippen LogP contribution in [-0.4, -0.2) is 16.2 Å². The maximum atomic E-state index is 12.3. The second kappa shape index (κ2) is 6.81. The van der Waals surface area contributed by atoms with Crippen molar-refractivity contribution in [2.24, 2.45) is 0 Å². The minimum atomic E-state index is -0.226. The molecule has 3 N–H and O–H groups in total. The summed E-state index contributed by atoms with van der Waals surface area (Å²) in [6.07, 6.45) is 4.77. The minimum Gasteiger partial charge on any atom is -0.332 e. The van der Waals surface area contributed by atoms with Crippen LogP contribution in [0.2, 0.25) is 10.0 Å². The molecule has 3 rings (SSSR count). The fraction of sp³-hybridized carbons (Fsp3) is 0.375. The number of halogens is 2. The number of aromatic nitrogens is 2. The fourth-order valence-corrected chi connectivity index (χ4v) is 3.51. The quantitative estimate of drug-likeness (QED) is 0.776. The van der Waals surface area contributed by atoms with Crippen LogP contribution in [0.15, 0.2) is 24.4 Å². The van der Waals surface area contributed by atoms with Crippen LogP contribution in [0.3, 0.4) is 0 Å². The lowest BCUT2D eigenvalue weighted by molar-refractivity contribution is 0.232. The van der Waals surface area contributed by atoms with Crippen LogP contribution in [0.1, 0.15) is 48.7 Å². The lowest BCUT2D eigenvalue weighted by atomic mass is 9.94. The summed E-state index contributed by atoms with van der Waals surface area (Å²) in [5.74, 6) is 0. The van der Waals surface area contributed by atoms with E-state index in [1.54, 1.807) is 12.1 Å². The van der Waals surface area contributed by atoms with Crippen molar-refractivity contribution in [3.05, 3.63) is 51.3 Å². The Kier molecular flexibility index (Phi) is 4.78. The molecule has 2 amide bonds. The Labute approximate surface area is 144 Å². The van der Waals surface area contributed by atoms with E-state index in [9.17, 15) is 4.79 Å². The number of carbonyl (C=O) groups is 1. The molecule has 23 heavy (non-hydrogen) atoms. The molecule has 1 aliphatic carbocycles. The molecule has 0 fully saturated rings. The Morgan fingerprint density at radius 3 is 3.04 bits per heavy atom. The molecule has 0 spiro atoms. The molecule has 2 atom stereocenters. The third-order valence-electron chi connectivity index (χ3n) is 4.12. The third-order valence-corrected chi connectivity index (χ3v) is 4.68. The Morgan fingerprint density at radius 1 is 1.43 bits per heavy atom. The van der Waals surface area contributed by atoms with E-state index in [1.807, 2.05) is 19.2 Å². The van der Waals surface area contributed by atoms with Crippen molar-refractivity contribution in [1.29, 1.82) is 0 Å². The number of nitrogens with one attached hydrogen (secondary N) is 3. The summed E-state index contributed by atoms with van der Waals surface area (Å²) in [4.78, 5) is 12.3. The van der Waals surface area contributed by atoms with Crippen molar-refractivity contribution >= 4 is 29.2 Å². The minimum absolute atomic E-state index is 0.0332. The van der Waals surface area contributed by atoms with E-state index in [0.29, 0.717) is 10.0 Å². The topological polar surface area (TPSA) is 69.8 Å². The van der Waals surface area contributed by atoms with Crippen LogP contribution >= 0.6 is 23.2 Å². The molecule has 1 heterocycles. The number of aryl methyl sites for hydroxylation is 1. The van der Waals surface area contributed by atoms with E-state index in [4.69, 9.17) is 23.2 Å². The van der Waals surface area contributed by atoms with Gasteiger partial charge in [-0.05, 0) is 49.4 Å². The largest absolute Gasteiger partial charge is 0.332 e. The van der Waals surface area contributed by atoms with Crippen LogP contribution in [-0.2, 0) is 6.42 Å². The Bertz CT molecular complexity index is 716. The predicted octanol–water partition coefficient (Wildman–Crippen LogP) is 4.15. The number of rotatable bonds is 3. The predicted molar refractivity (Wildman–Crippen MR) is 90.8 cm³/mol. The lowest BCUT2D eigenvalue weighted by Gasteiger charge is -2.24. The second-order valence-electron chi connectivity index (χ2n) is 5.76. The normalized spacial score (nSPS) is 18.1. The molecule has 1 aromatic carbocycles. The second-order valence-corrected chi connectivity index (χ2v) is 6.60. The van der Waals surface area contributed by atoms with E-state index in [1.165, 1.54) is 5.56 Å². The van der Waals surface area contributed by atoms with Crippen molar-refractivity contribution in [2.45, 2.75) is 38.3 Å². The van der Waals surface area contributed by atoms with E-state index >= 15 is 0 Å². The zero-order valence-corrected chi connectivity index (χ0v) is 14.2. The van der Waals surface area contributed by atoms with Gasteiger partial charge in [0.25, 0.3) is 0 Å². The summed E-state index contributed by atoms with van der Waals surface area (Å²) in [7, 11) is 0. The lowest BCUT2D eigenvalue weighted by Crippen LogP contribution is -2.40. The van der Waals surface area contributed by atoms with Gasteiger partial charge in [-0.1, -0.05) is 29.3 Å². The smallest absolute Gasteiger partial charge is 0.315 e. The van der Waals surface area contributed by atoms with Crippen molar-refractivity contribution in [3.8, 4) is 0 Å². The Balaban J connectivity index is 1.64. The van der Waals surface area contributed by atoms with Gasteiger partial charge in [0.1, 0.15) is 0 Å². The third kappa shape index (κ3) is 3.62. The molecule has 122 valence electrons. The number of hydrogen-bond acceptors (Lipinski definition) is 2. The first-order chi connectivity index (χ1) is 11.0. The van der Waals surface area contributed by atoms with Crippen molar-refractivity contribution in [1.82, 2.24) is 20.8 Å². The van der Waals surface area contributed by atoms with E-state index < -0.39 is 0 Å². The molecule has 1 aromatic heterocycles. The number of urea groups is 1. The van der Waals surface area contributed by atoms with Crippen LogP contribution in [0.25, 0.3) is 0 Å². The molecule has 0 aliphatic heterocycles. The van der Waals surface area contributed by atoms with Crippen molar-refractivity contribution < 1.29 is 4.79 Å². The summed E-state index contributed by atoms with van der Waals surface area (Å²) in [5, 5.41) is 14.1. The van der Waals surface area contributed by atoms with Crippen LogP contribution in [0, 0.1) is 0 Å².